The second-order valence-electron chi connectivity index (χ2n) is 4.78. The summed E-state index contributed by atoms with van der Waals surface area (Å²) in [7, 11) is 2.02. The van der Waals surface area contributed by atoms with Gasteiger partial charge in [-0.3, -0.25) is 9.69 Å². The minimum atomic E-state index is 0.209. The Bertz CT molecular complexity index is 401. The Labute approximate surface area is 120 Å². The minimum Gasteiger partial charge on any atom is -0.381 e. The molecule has 1 fully saturated rings. The molecule has 0 saturated carbocycles. The molecule has 0 unspecified atom stereocenters. The summed E-state index contributed by atoms with van der Waals surface area (Å²) in [6, 6.07) is 3.82. The highest BCUT2D eigenvalue weighted by atomic mass is 79.9. The number of halogens is 1. The summed E-state index contributed by atoms with van der Waals surface area (Å²) >= 11 is 4.89. The van der Waals surface area contributed by atoms with Gasteiger partial charge in [-0.25, -0.2) is 0 Å². The van der Waals surface area contributed by atoms with Crippen LogP contribution < -0.4 is 0 Å². The van der Waals surface area contributed by atoms with Crippen LogP contribution in [0.15, 0.2) is 15.9 Å². The van der Waals surface area contributed by atoms with Gasteiger partial charge in [0.1, 0.15) is 0 Å². The molecule has 0 atom stereocenters. The molecule has 1 aliphatic heterocycles. The van der Waals surface area contributed by atoms with Crippen LogP contribution >= 0.6 is 27.3 Å². The first kappa shape index (κ1) is 14.2. The van der Waals surface area contributed by atoms with E-state index in [2.05, 4.69) is 20.8 Å². The third kappa shape index (κ3) is 4.16. The predicted octanol–water partition coefficient (Wildman–Crippen LogP) is 3.05. The Kier molecular flexibility index (Phi) is 5.36. The van der Waals surface area contributed by atoms with E-state index >= 15 is 0 Å². The molecular weight excluding hydrogens is 314 g/mol. The SMILES string of the molecule is CN(CC(=O)c1ccc(Br)s1)CC1CCOCC1. The Morgan fingerprint density at radius 1 is 1.50 bits per heavy atom. The second-order valence-corrected chi connectivity index (χ2v) is 7.24. The molecule has 0 radical (unpaired) electrons. The zero-order valence-corrected chi connectivity index (χ0v) is 12.9. The van der Waals surface area contributed by atoms with Crippen LogP contribution in [0.4, 0.5) is 0 Å². The number of rotatable bonds is 5. The number of carbonyl (C=O) groups excluding carboxylic acids is 1. The molecule has 1 aliphatic rings. The number of carbonyl (C=O) groups is 1. The van der Waals surface area contributed by atoms with Gasteiger partial charge in [-0.2, -0.15) is 0 Å². The molecule has 100 valence electrons. The van der Waals surface area contributed by atoms with Crippen molar-refractivity contribution >= 4 is 33.0 Å². The molecule has 1 aromatic rings. The topological polar surface area (TPSA) is 29.5 Å². The van der Waals surface area contributed by atoms with Crippen LogP contribution in [0, 0.1) is 5.92 Å². The first-order chi connectivity index (χ1) is 8.65. The molecule has 2 rings (SSSR count). The van der Waals surface area contributed by atoms with Crippen molar-refractivity contribution in [3.8, 4) is 0 Å². The van der Waals surface area contributed by atoms with Gasteiger partial charge in [-0.15, -0.1) is 11.3 Å². The minimum absolute atomic E-state index is 0.209. The lowest BCUT2D eigenvalue weighted by Crippen LogP contribution is -2.33. The quantitative estimate of drug-likeness (QED) is 0.776. The maximum Gasteiger partial charge on any atom is 0.186 e. The molecule has 3 nitrogen and oxygen atoms in total. The summed E-state index contributed by atoms with van der Waals surface area (Å²) in [4.78, 5) is 15.0. The van der Waals surface area contributed by atoms with Crippen molar-refractivity contribution < 1.29 is 9.53 Å². The van der Waals surface area contributed by atoms with Gasteiger partial charge in [0.2, 0.25) is 0 Å². The van der Waals surface area contributed by atoms with Crippen LogP contribution in [0.2, 0.25) is 0 Å². The van der Waals surface area contributed by atoms with Crippen molar-refractivity contribution in [1.82, 2.24) is 4.90 Å². The van der Waals surface area contributed by atoms with E-state index in [1.807, 2.05) is 19.2 Å². The average Bonchev–Trinajstić information content (AvgIpc) is 2.77. The number of ether oxygens (including phenoxy) is 1. The Hall–Kier alpha value is -0.230. The fourth-order valence-electron chi connectivity index (χ4n) is 2.22. The zero-order chi connectivity index (χ0) is 13.0. The number of hydrogen-bond donors (Lipinski definition) is 0. The molecule has 18 heavy (non-hydrogen) atoms. The summed E-state index contributed by atoms with van der Waals surface area (Å²) in [6.45, 7) is 3.22. The van der Waals surface area contributed by atoms with Crippen molar-refractivity contribution in [2.75, 3.05) is 33.4 Å². The molecule has 5 heteroatoms. The first-order valence-electron chi connectivity index (χ1n) is 6.20. The third-order valence-corrected chi connectivity index (χ3v) is 4.84. The highest BCUT2D eigenvalue weighted by molar-refractivity contribution is 9.11. The molecule has 0 amide bonds. The largest absolute Gasteiger partial charge is 0.381 e. The van der Waals surface area contributed by atoms with Crippen molar-refractivity contribution in [1.29, 1.82) is 0 Å². The summed E-state index contributed by atoms with van der Waals surface area (Å²) in [5, 5.41) is 0. The van der Waals surface area contributed by atoms with E-state index < -0.39 is 0 Å². The van der Waals surface area contributed by atoms with Crippen LogP contribution in [0.3, 0.4) is 0 Å². The van der Waals surface area contributed by atoms with E-state index in [1.165, 1.54) is 11.3 Å². The van der Waals surface area contributed by atoms with E-state index in [4.69, 9.17) is 4.74 Å². The molecule has 0 aliphatic carbocycles. The third-order valence-electron chi connectivity index (χ3n) is 3.17. The molecular formula is C13H18BrNO2S. The molecule has 0 N–H and O–H groups in total. The van der Waals surface area contributed by atoms with Crippen LogP contribution in [-0.2, 0) is 4.74 Å². The predicted molar refractivity (Wildman–Crippen MR) is 77.4 cm³/mol. The highest BCUT2D eigenvalue weighted by Crippen LogP contribution is 2.23. The van der Waals surface area contributed by atoms with E-state index in [9.17, 15) is 4.79 Å². The van der Waals surface area contributed by atoms with Gasteiger partial charge in [0.05, 0.1) is 15.2 Å². The van der Waals surface area contributed by atoms with Crippen molar-refractivity contribution in [2.45, 2.75) is 12.8 Å². The summed E-state index contributed by atoms with van der Waals surface area (Å²) in [5.41, 5.74) is 0. The Morgan fingerprint density at radius 2 is 2.22 bits per heavy atom. The number of Topliss-reactive ketones (excluding diaryl/α,β-unsaturated/α-hetero) is 1. The molecule has 0 aromatic carbocycles. The maximum atomic E-state index is 12.0. The zero-order valence-electron chi connectivity index (χ0n) is 10.5. The van der Waals surface area contributed by atoms with Gasteiger partial charge in [0.15, 0.2) is 5.78 Å². The Morgan fingerprint density at radius 3 is 2.83 bits per heavy atom. The van der Waals surface area contributed by atoms with Crippen LogP contribution in [0.5, 0.6) is 0 Å². The summed E-state index contributed by atoms with van der Waals surface area (Å²) in [5.74, 6) is 0.881. The van der Waals surface area contributed by atoms with Gasteiger partial charge in [0.25, 0.3) is 0 Å². The number of ketones is 1. The van der Waals surface area contributed by atoms with Gasteiger partial charge in [0, 0.05) is 19.8 Å². The number of hydrogen-bond acceptors (Lipinski definition) is 4. The molecule has 1 aromatic heterocycles. The summed E-state index contributed by atoms with van der Waals surface area (Å²) in [6.07, 6.45) is 2.23. The van der Waals surface area contributed by atoms with Gasteiger partial charge in [-0.05, 0) is 53.9 Å². The van der Waals surface area contributed by atoms with Crippen LogP contribution in [-0.4, -0.2) is 44.0 Å². The molecule has 0 spiro atoms. The second kappa shape index (κ2) is 6.80. The molecule has 2 heterocycles. The fraction of sp³-hybridized carbons (Fsp3) is 0.615. The lowest BCUT2D eigenvalue weighted by atomic mass is 10.00. The average molecular weight is 332 g/mol. The maximum absolute atomic E-state index is 12.0. The monoisotopic (exact) mass is 331 g/mol. The normalized spacial score (nSPS) is 17.3. The standard InChI is InChI=1S/C13H18BrNO2S/c1-15(8-10-4-6-17-7-5-10)9-11(16)12-2-3-13(14)18-12/h2-3,10H,4-9H2,1H3. The van der Waals surface area contributed by atoms with Crippen molar-refractivity contribution in [3.05, 3.63) is 20.8 Å². The molecule has 1 saturated heterocycles. The van der Waals surface area contributed by atoms with E-state index in [0.29, 0.717) is 12.5 Å². The number of nitrogens with zero attached hydrogens (tertiary/aromatic N) is 1. The summed E-state index contributed by atoms with van der Waals surface area (Å²) < 4.78 is 6.36. The highest BCUT2D eigenvalue weighted by Gasteiger charge is 2.18. The lowest BCUT2D eigenvalue weighted by molar-refractivity contribution is 0.0550. The lowest BCUT2D eigenvalue weighted by Gasteiger charge is -2.26. The first-order valence-corrected chi connectivity index (χ1v) is 7.81. The van der Waals surface area contributed by atoms with E-state index in [1.54, 1.807) is 0 Å². The molecule has 0 bridgehead atoms. The van der Waals surface area contributed by atoms with Crippen LogP contribution in [0.25, 0.3) is 0 Å². The number of thiophene rings is 1. The fourth-order valence-corrected chi connectivity index (χ4v) is 3.54. The van der Waals surface area contributed by atoms with Crippen LogP contribution in [0.1, 0.15) is 22.5 Å². The van der Waals surface area contributed by atoms with E-state index in [0.717, 1.165) is 41.3 Å². The van der Waals surface area contributed by atoms with Gasteiger partial charge >= 0.3 is 0 Å². The van der Waals surface area contributed by atoms with Crippen molar-refractivity contribution in [3.63, 3.8) is 0 Å². The van der Waals surface area contributed by atoms with Crippen molar-refractivity contribution in [2.24, 2.45) is 5.92 Å². The van der Waals surface area contributed by atoms with Gasteiger partial charge in [-0.1, -0.05) is 0 Å². The van der Waals surface area contributed by atoms with E-state index in [-0.39, 0.29) is 5.78 Å². The smallest absolute Gasteiger partial charge is 0.186 e. The van der Waals surface area contributed by atoms with Gasteiger partial charge < -0.3 is 4.74 Å². The number of likely N-dealkylation sites (N-methyl/N-ethyl adjacent to an activating group) is 1. The Balaban J connectivity index is 1.79.